The van der Waals surface area contributed by atoms with E-state index in [1.807, 2.05) is 5.38 Å². The minimum Gasteiger partial charge on any atom is -0.378 e. The Bertz CT molecular complexity index is 619. The molecule has 0 fully saturated rings. The van der Waals surface area contributed by atoms with E-state index in [-0.39, 0.29) is 5.69 Å². The average molecular weight is 312 g/mol. The summed E-state index contributed by atoms with van der Waals surface area (Å²) in [7, 11) is 0. The fourth-order valence-corrected chi connectivity index (χ4v) is 2.90. The van der Waals surface area contributed by atoms with Crippen LogP contribution in [0.15, 0.2) is 17.5 Å². The molecule has 0 unspecified atom stereocenters. The number of rotatable bonds is 5. The number of nitro groups is 1. The lowest BCUT2D eigenvalue weighted by Crippen LogP contribution is -2.03. The summed E-state index contributed by atoms with van der Waals surface area (Å²) in [5.41, 5.74) is 2.40. The molecule has 1 aromatic heterocycles. The predicted octanol–water partition coefficient (Wildman–Crippen LogP) is 4.19. The van der Waals surface area contributed by atoms with Gasteiger partial charge in [-0.3, -0.25) is 10.1 Å². The van der Waals surface area contributed by atoms with Crippen molar-refractivity contribution < 1.29 is 4.92 Å². The maximum atomic E-state index is 10.7. The number of thiazole rings is 1. The number of aromatic nitrogens is 1. The van der Waals surface area contributed by atoms with Crippen LogP contribution in [-0.2, 0) is 13.0 Å². The van der Waals surface area contributed by atoms with Crippen molar-refractivity contribution in [3.05, 3.63) is 48.9 Å². The maximum absolute atomic E-state index is 10.7. The molecule has 0 aliphatic heterocycles. The first-order valence-electron chi connectivity index (χ1n) is 6.13. The molecule has 0 aliphatic rings. The molecule has 1 aromatic carbocycles. The van der Waals surface area contributed by atoms with Gasteiger partial charge < -0.3 is 5.32 Å². The Balaban J connectivity index is 2.15. The second-order valence-electron chi connectivity index (χ2n) is 4.32. The summed E-state index contributed by atoms with van der Waals surface area (Å²) >= 11 is 7.72. The Labute approximate surface area is 125 Å². The van der Waals surface area contributed by atoms with Gasteiger partial charge in [-0.1, -0.05) is 18.5 Å². The SMILES string of the molecule is CCc1nc(CNc2c(C)cc([N+](=O)[O-])cc2Cl)cs1. The minimum atomic E-state index is -0.448. The Morgan fingerprint density at radius 2 is 2.25 bits per heavy atom. The smallest absolute Gasteiger partial charge is 0.271 e. The fourth-order valence-electron chi connectivity index (χ4n) is 1.83. The van der Waals surface area contributed by atoms with E-state index in [1.165, 1.54) is 12.1 Å². The van der Waals surface area contributed by atoms with Crippen molar-refractivity contribution >= 4 is 34.3 Å². The monoisotopic (exact) mass is 311 g/mol. The van der Waals surface area contributed by atoms with E-state index >= 15 is 0 Å². The molecule has 1 heterocycles. The standard InChI is InChI=1S/C13H14ClN3O2S/c1-3-12-16-9(7-20-12)6-15-13-8(2)4-10(17(18)19)5-11(13)14/h4-5,7,15H,3,6H2,1-2H3. The van der Waals surface area contributed by atoms with Crippen molar-refractivity contribution in [3.8, 4) is 0 Å². The summed E-state index contributed by atoms with van der Waals surface area (Å²) in [6.07, 6.45) is 0.919. The summed E-state index contributed by atoms with van der Waals surface area (Å²) in [6.45, 7) is 4.40. The van der Waals surface area contributed by atoms with Gasteiger partial charge in [0.1, 0.15) is 0 Å². The highest BCUT2D eigenvalue weighted by Gasteiger charge is 2.13. The first-order chi connectivity index (χ1) is 9.51. The number of non-ortho nitro benzene ring substituents is 1. The van der Waals surface area contributed by atoms with Gasteiger partial charge in [0.25, 0.3) is 5.69 Å². The number of nitrogens with zero attached hydrogens (tertiary/aromatic N) is 2. The number of aryl methyl sites for hydroxylation is 2. The van der Waals surface area contributed by atoms with Crippen LogP contribution in [0.25, 0.3) is 0 Å². The summed E-state index contributed by atoms with van der Waals surface area (Å²) < 4.78 is 0. The van der Waals surface area contributed by atoms with Gasteiger partial charge in [-0.15, -0.1) is 11.3 Å². The topological polar surface area (TPSA) is 68.1 Å². The van der Waals surface area contributed by atoms with Crippen molar-refractivity contribution in [1.29, 1.82) is 0 Å². The third-order valence-corrected chi connectivity index (χ3v) is 4.17. The lowest BCUT2D eigenvalue weighted by atomic mass is 10.1. The Kier molecular flexibility index (Phi) is 4.57. The van der Waals surface area contributed by atoms with Crippen LogP contribution in [0.2, 0.25) is 5.02 Å². The molecule has 7 heteroatoms. The Hall–Kier alpha value is -1.66. The minimum absolute atomic E-state index is 0.0000208. The van der Waals surface area contributed by atoms with Gasteiger partial charge in [0.2, 0.25) is 0 Å². The molecule has 2 rings (SSSR count). The van der Waals surface area contributed by atoms with Gasteiger partial charge in [0.05, 0.1) is 32.9 Å². The first-order valence-corrected chi connectivity index (χ1v) is 7.38. The van der Waals surface area contributed by atoms with Crippen LogP contribution in [0.1, 0.15) is 23.2 Å². The Morgan fingerprint density at radius 1 is 1.50 bits per heavy atom. The quantitative estimate of drug-likeness (QED) is 0.664. The summed E-state index contributed by atoms with van der Waals surface area (Å²) in [5, 5.41) is 17.4. The van der Waals surface area contributed by atoms with Gasteiger partial charge >= 0.3 is 0 Å². The van der Waals surface area contributed by atoms with E-state index in [2.05, 4.69) is 17.2 Å². The summed E-state index contributed by atoms with van der Waals surface area (Å²) in [5.74, 6) is 0. The van der Waals surface area contributed by atoms with Gasteiger partial charge in [-0.05, 0) is 18.9 Å². The molecule has 0 amide bonds. The summed E-state index contributed by atoms with van der Waals surface area (Å²) in [4.78, 5) is 14.8. The number of hydrogen-bond acceptors (Lipinski definition) is 5. The van der Waals surface area contributed by atoms with E-state index in [0.717, 1.165) is 22.7 Å². The summed E-state index contributed by atoms with van der Waals surface area (Å²) in [6, 6.07) is 2.86. The molecular formula is C13H14ClN3O2S. The average Bonchev–Trinajstić information content (AvgIpc) is 2.85. The maximum Gasteiger partial charge on any atom is 0.271 e. The van der Waals surface area contributed by atoms with Crippen LogP contribution in [-0.4, -0.2) is 9.91 Å². The van der Waals surface area contributed by atoms with Gasteiger partial charge in [-0.2, -0.15) is 0 Å². The molecule has 106 valence electrons. The number of halogens is 1. The van der Waals surface area contributed by atoms with Gasteiger partial charge in [-0.25, -0.2) is 4.98 Å². The zero-order chi connectivity index (χ0) is 14.7. The number of hydrogen-bond donors (Lipinski definition) is 1. The lowest BCUT2D eigenvalue weighted by molar-refractivity contribution is -0.384. The van der Waals surface area contributed by atoms with Crippen LogP contribution in [0, 0.1) is 17.0 Å². The van der Waals surface area contributed by atoms with Crippen LogP contribution >= 0.6 is 22.9 Å². The molecule has 5 nitrogen and oxygen atoms in total. The van der Waals surface area contributed by atoms with Crippen molar-refractivity contribution in [1.82, 2.24) is 4.98 Å². The van der Waals surface area contributed by atoms with E-state index < -0.39 is 4.92 Å². The lowest BCUT2D eigenvalue weighted by Gasteiger charge is -2.10. The molecule has 0 bridgehead atoms. The third kappa shape index (κ3) is 3.26. The highest BCUT2D eigenvalue weighted by Crippen LogP contribution is 2.31. The van der Waals surface area contributed by atoms with E-state index in [9.17, 15) is 10.1 Å². The van der Waals surface area contributed by atoms with E-state index in [4.69, 9.17) is 11.6 Å². The zero-order valence-corrected chi connectivity index (χ0v) is 12.7. The third-order valence-electron chi connectivity index (χ3n) is 2.83. The number of anilines is 1. The molecule has 0 radical (unpaired) electrons. The normalized spacial score (nSPS) is 10.6. The van der Waals surface area contributed by atoms with Gasteiger partial charge in [0.15, 0.2) is 0 Å². The first kappa shape index (κ1) is 14.7. The van der Waals surface area contributed by atoms with Crippen LogP contribution < -0.4 is 5.32 Å². The van der Waals surface area contributed by atoms with Crippen LogP contribution in [0.5, 0.6) is 0 Å². The van der Waals surface area contributed by atoms with Crippen molar-refractivity contribution in [2.24, 2.45) is 0 Å². The number of nitrogens with one attached hydrogen (secondary N) is 1. The largest absolute Gasteiger partial charge is 0.378 e. The van der Waals surface area contributed by atoms with Crippen LogP contribution in [0.4, 0.5) is 11.4 Å². The second-order valence-corrected chi connectivity index (χ2v) is 5.67. The molecule has 1 N–H and O–H groups in total. The highest BCUT2D eigenvalue weighted by molar-refractivity contribution is 7.09. The molecule has 0 atom stereocenters. The van der Waals surface area contributed by atoms with E-state index in [1.54, 1.807) is 18.3 Å². The van der Waals surface area contributed by atoms with Crippen molar-refractivity contribution in [3.63, 3.8) is 0 Å². The molecule has 0 aliphatic carbocycles. The predicted molar refractivity (Wildman–Crippen MR) is 81.7 cm³/mol. The molecule has 20 heavy (non-hydrogen) atoms. The van der Waals surface area contributed by atoms with E-state index in [0.29, 0.717) is 17.3 Å². The molecular weight excluding hydrogens is 298 g/mol. The number of benzene rings is 1. The molecule has 0 saturated carbocycles. The van der Waals surface area contributed by atoms with Crippen molar-refractivity contribution in [2.45, 2.75) is 26.8 Å². The molecule has 0 spiro atoms. The second kappa shape index (κ2) is 6.19. The molecule has 0 saturated heterocycles. The van der Waals surface area contributed by atoms with Gasteiger partial charge in [0, 0.05) is 17.5 Å². The fraction of sp³-hybridized carbons (Fsp3) is 0.308. The molecule has 2 aromatic rings. The van der Waals surface area contributed by atoms with Crippen LogP contribution in [0.3, 0.4) is 0 Å². The number of nitro benzene ring substituents is 1. The Morgan fingerprint density at radius 3 is 2.80 bits per heavy atom. The highest BCUT2D eigenvalue weighted by atomic mass is 35.5. The van der Waals surface area contributed by atoms with Crippen molar-refractivity contribution in [2.75, 3.05) is 5.32 Å². The zero-order valence-electron chi connectivity index (χ0n) is 11.1.